The minimum absolute atomic E-state index is 0.0358. The lowest BCUT2D eigenvalue weighted by molar-refractivity contribution is -0.107. The Morgan fingerprint density at radius 3 is 3.05 bits per heavy atom. The largest absolute Gasteiger partial charge is 0.497 e. The first-order valence-corrected chi connectivity index (χ1v) is 8.33. The summed E-state index contributed by atoms with van der Waals surface area (Å²) in [6, 6.07) is 5.60. The maximum Gasteiger partial charge on any atom is 0.244 e. The lowest BCUT2D eigenvalue weighted by atomic mass is 10.2. The number of hydrogen-bond donors (Lipinski definition) is 0. The van der Waals surface area contributed by atoms with Gasteiger partial charge in [-0.25, -0.2) is 4.99 Å². The van der Waals surface area contributed by atoms with Crippen LogP contribution in [0, 0.1) is 0 Å². The Morgan fingerprint density at radius 1 is 1.55 bits per heavy atom. The van der Waals surface area contributed by atoms with E-state index in [0.717, 1.165) is 37.7 Å². The maximum atomic E-state index is 11.9. The predicted molar refractivity (Wildman–Crippen MR) is 91.4 cm³/mol. The maximum absolute atomic E-state index is 11.9. The molecule has 0 amide bonds. The van der Waals surface area contributed by atoms with E-state index in [0.29, 0.717) is 5.70 Å². The Balaban J connectivity index is 2.28. The number of methoxy groups -OCH3 is 1. The average molecular weight is 370 g/mol. The van der Waals surface area contributed by atoms with Crippen molar-refractivity contribution in [3.63, 3.8) is 0 Å². The smallest absolute Gasteiger partial charge is 0.244 e. The van der Waals surface area contributed by atoms with Crippen LogP contribution in [0.3, 0.4) is 0 Å². The second kappa shape index (κ2) is 7.15. The fraction of sp³-hybridized carbons (Fsp3) is 0.143. The van der Waals surface area contributed by atoms with Crippen molar-refractivity contribution < 1.29 is 9.53 Å². The third-order valence-electron chi connectivity index (χ3n) is 2.42. The topological polar surface area (TPSA) is 38.7 Å². The molecule has 0 saturated carbocycles. The highest BCUT2D eigenvalue weighted by molar-refractivity contribution is 9.10. The van der Waals surface area contributed by atoms with Gasteiger partial charge in [-0.3, -0.25) is 4.79 Å². The summed E-state index contributed by atoms with van der Waals surface area (Å²) >= 11 is 6.13. The van der Waals surface area contributed by atoms with Gasteiger partial charge in [-0.1, -0.05) is 33.8 Å². The quantitative estimate of drug-likeness (QED) is 0.584. The Kier molecular flexibility index (Phi) is 5.51. The molecule has 20 heavy (non-hydrogen) atoms. The van der Waals surface area contributed by atoms with Crippen LogP contribution < -0.4 is 4.74 Å². The number of hydrogen-bond acceptors (Lipinski definition) is 5. The van der Waals surface area contributed by atoms with Gasteiger partial charge in [0, 0.05) is 10.2 Å². The van der Waals surface area contributed by atoms with Crippen molar-refractivity contribution >= 4 is 55.0 Å². The molecule has 2 rings (SSSR count). The van der Waals surface area contributed by atoms with Crippen molar-refractivity contribution in [3.8, 4) is 5.75 Å². The Morgan fingerprint density at radius 2 is 2.35 bits per heavy atom. The van der Waals surface area contributed by atoms with E-state index in [1.165, 1.54) is 11.8 Å². The van der Waals surface area contributed by atoms with E-state index in [2.05, 4.69) is 27.5 Å². The number of carbonyl (C=O) groups is 1. The molecular formula is C14H12BrNO2S2. The minimum atomic E-state index is -0.0358. The first-order valence-electron chi connectivity index (χ1n) is 5.74. The van der Waals surface area contributed by atoms with Gasteiger partial charge in [0.2, 0.25) is 5.12 Å². The van der Waals surface area contributed by atoms with Crippen molar-refractivity contribution in [2.75, 3.05) is 12.9 Å². The Bertz CT molecular complexity index is 611. The predicted octanol–water partition coefficient (Wildman–Crippen LogP) is 4.35. The third kappa shape index (κ3) is 3.77. The average Bonchev–Trinajstić information content (AvgIpc) is 2.79. The molecule has 0 atom stereocenters. The second-order valence-electron chi connectivity index (χ2n) is 3.78. The molecule has 1 aliphatic rings. The number of carbonyl (C=O) groups excluding carboxylic acids is 1. The van der Waals surface area contributed by atoms with Gasteiger partial charge in [0.05, 0.1) is 7.11 Å². The lowest BCUT2D eigenvalue weighted by Gasteiger charge is -2.03. The highest BCUT2D eigenvalue weighted by atomic mass is 79.9. The van der Waals surface area contributed by atoms with E-state index in [1.54, 1.807) is 19.3 Å². The van der Waals surface area contributed by atoms with Gasteiger partial charge in [-0.15, -0.1) is 6.58 Å². The molecule has 0 aromatic heterocycles. The van der Waals surface area contributed by atoms with Gasteiger partial charge in [0.15, 0.2) is 0 Å². The zero-order chi connectivity index (χ0) is 14.5. The van der Waals surface area contributed by atoms with E-state index < -0.39 is 0 Å². The highest BCUT2D eigenvalue weighted by Gasteiger charge is 2.22. The van der Waals surface area contributed by atoms with E-state index in [9.17, 15) is 4.79 Å². The summed E-state index contributed by atoms with van der Waals surface area (Å²) in [6.07, 6.45) is 3.56. The fourth-order valence-electron chi connectivity index (χ4n) is 1.49. The number of nitrogens with zero attached hydrogens (tertiary/aromatic N) is 1. The van der Waals surface area contributed by atoms with Gasteiger partial charge < -0.3 is 4.74 Å². The van der Waals surface area contributed by atoms with Crippen molar-refractivity contribution in [3.05, 3.63) is 46.6 Å². The summed E-state index contributed by atoms with van der Waals surface area (Å²) in [5, 5.41) is -0.0358. The van der Waals surface area contributed by atoms with Crippen LogP contribution in [0.25, 0.3) is 6.08 Å². The zero-order valence-electron chi connectivity index (χ0n) is 10.8. The van der Waals surface area contributed by atoms with Gasteiger partial charge in [-0.2, -0.15) is 0 Å². The van der Waals surface area contributed by atoms with E-state index in [4.69, 9.17) is 4.74 Å². The van der Waals surface area contributed by atoms with Crippen LogP contribution in [0.1, 0.15) is 5.56 Å². The van der Waals surface area contributed by atoms with Crippen molar-refractivity contribution in [2.24, 2.45) is 4.99 Å². The monoisotopic (exact) mass is 369 g/mol. The van der Waals surface area contributed by atoms with Crippen molar-refractivity contribution in [1.82, 2.24) is 0 Å². The molecule has 0 bridgehead atoms. The number of benzene rings is 1. The summed E-state index contributed by atoms with van der Waals surface area (Å²) < 4.78 is 6.84. The van der Waals surface area contributed by atoms with Crippen LogP contribution in [-0.4, -0.2) is 22.4 Å². The number of aliphatic imine (C=N–C) groups is 1. The molecule has 0 aliphatic carbocycles. The van der Waals surface area contributed by atoms with E-state index in [1.807, 2.05) is 18.2 Å². The van der Waals surface area contributed by atoms with Crippen LogP contribution in [0.2, 0.25) is 0 Å². The van der Waals surface area contributed by atoms with Crippen LogP contribution in [0.15, 0.2) is 46.0 Å². The van der Waals surface area contributed by atoms with Gasteiger partial charge in [0.25, 0.3) is 0 Å². The minimum Gasteiger partial charge on any atom is -0.497 e. The normalized spacial score (nSPS) is 16.4. The van der Waals surface area contributed by atoms with Gasteiger partial charge >= 0.3 is 0 Å². The molecule has 0 unspecified atom stereocenters. The molecule has 0 saturated heterocycles. The lowest BCUT2D eigenvalue weighted by Crippen LogP contribution is -1.89. The molecule has 1 aliphatic heterocycles. The highest BCUT2D eigenvalue weighted by Crippen LogP contribution is 2.32. The van der Waals surface area contributed by atoms with Crippen LogP contribution in [-0.2, 0) is 4.79 Å². The molecule has 0 N–H and O–H groups in total. The fourth-order valence-corrected chi connectivity index (χ4v) is 3.45. The third-order valence-corrected chi connectivity index (χ3v) is 5.15. The van der Waals surface area contributed by atoms with Gasteiger partial charge in [-0.05, 0) is 41.6 Å². The number of rotatable bonds is 4. The molecule has 3 nitrogen and oxygen atoms in total. The van der Waals surface area contributed by atoms with E-state index in [-0.39, 0.29) is 5.12 Å². The van der Waals surface area contributed by atoms with Crippen LogP contribution in [0.4, 0.5) is 0 Å². The summed E-state index contributed by atoms with van der Waals surface area (Å²) in [5.74, 6) is 1.48. The number of halogens is 1. The summed E-state index contributed by atoms with van der Waals surface area (Å²) in [4.78, 5) is 16.3. The standard InChI is InChI=1S/C14H12BrNO2S2/c1-3-6-19-14-16-12(13(17)20-14)8-9-7-10(18-2)4-5-11(9)15/h3-5,7-8H,1,6H2,2H3. The molecule has 1 aromatic rings. The Labute approximate surface area is 134 Å². The Hall–Kier alpha value is -0.980. The summed E-state index contributed by atoms with van der Waals surface area (Å²) in [7, 11) is 1.61. The summed E-state index contributed by atoms with van der Waals surface area (Å²) in [5.41, 5.74) is 1.32. The van der Waals surface area contributed by atoms with E-state index >= 15 is 0 Å². The first kappa shape index (κ1) is 15.4. The number of ether oxygens (including phenoxy) is 1. The van der Waals surface area contributed by atoms with Gasteiger partial charge in [0.1, 0.15) is 15.8 Å². The molecule has 104 valence electrons. The van der Waals surface area contributed by atoms with Crippen LogP contribution >= 0.6 is 39.5 Å². The second-order valence-corrected chi connectivity index (χ2v) is 6.87. The zero-order valence-corrected chi connectivity index (χ0v) is 14.0. The van der Waals surface area contributed by atoms with Crippen molar-refractivity contribution in [1.29, 1.82) is 0 Å². The van der Waals surface area contributed by atoms with Crippen LogP contribution in [0.5, 0.6) is 5.75 Å². The molecule has 6 heteroatoms. The molecule has 1 aromatic carbocycles. The molecule has 1 heterocycles. The summed E-state index contributed by atoms with van der Waals surface area (Å²) in [6.45, 7) is 3.65. The molecule has 0 spiro atoms. The number of thioether (sulfide) groups is 2. The molecular weight excluding hydrogens is 358 g/mol. The first-order chi connectivity index (χ1) is 9.63. The molecule has 0 fully saturated rings. The molecule has 0 radical (unpaired) electrons. The SMILES string of the molecule is C=CCSC1=NC(=Cc2cc(OC)ccc2Br)C(=O)S1. The van der Waals surface area contributed by atoms with Crippen molar-refractivity contribution in [2.45, 2.75) is 0 Å².